The standard InChI is InChI=1S/C13H19NO3/c1-16-10-4-5-12(14)11(7-10)13(15)9-3-2-6-17-8-9/h4-5,7,9,13,15H,2-3,6,8,14H2,1H3. The van der Waals surface area contributed by atoms with E-state index in [0.29, 0.717) is 18.0 Å². The second-order valence-electron chi connectivity index (χ2n) is 4.42. The highest BCUT2D eigenvalue weighted by atomic mass is 16.5. The molecule has 94 valence electrons. The average molecular weight is 237 g/mol. The van der Waals surface area contributed by atoms with Crippen LogP contribution in [-0.4, -0.2) is 25.4 Å². The second kappa shape index (κ2) is 5.38. The van der Waals surface area contributed by atoms with Gasteiger partial charge in [-0.3, -0.25) is 0 Å². The number of nitrogens with two attached hydrogens (primary N) is 1. The maximum absolute atomic E-state index is 10.3. The van der Waals surface area contributed by atoms with Crippen molar-refractivity contribution in [1.82, 2.24) is 0 Å². The van der Waals surface area contributed by atoms with E-state index in [1.807, 2.05) is 0 Å². The number of methoxy groups -OCH3 is 1. The largest absolute Gasteiger partial charge is 0.497 e. The van der Waals surface area contributed by atoms with Crippen molar-refractivity contribution in [2.24, 2.45) is 5.92 Å². The molecule has 2 atom stereocenters. The van der Waals surface area contributed by atoms with E-state index in [1.54, 1.807) is 25.3 Å². The van der Waals surface area contributed by atoms with Gasteiger partial charge in [0.2, 0.25) is 0 Å². The molecule has 2 rings (SSSR count). The molecule has 4 nitrogen and oxygen atoms in total. The monoisotopic (exact) mass is 237 g/mol. The number of anilines is 1. The summed E-state index contributed by atoms with van der Waals surface area (Å²) in [6, 6.07) is 5.36. The van der Waals surface area contributed by atoms with Gasteiger partial charge in [0, 0.05) is 23.8 Å². The lowest BCUT2D eigenvalue weighted by Gasteiger charge is -2.27. The van der Waals surface area contributed by atoms with Crippen LogP contribution in [0.25, 0.3) is 0 Å². The van der Waals surface area contributed by atoms with E-state index >= 15 is 0 Å². The molecule has 0 bridgehead atoms. The Morgan fingerprint density at radius 2 is 2.35 bits per heavy atom. The van der Waals surface area contributed by atoms with Crippen molar-refractivity contribution in [3.63, 3.8) is 0 Å². The van der Waals surface area contributed by atoms with Gasteiger partial charge in [-0.15, -0.1) is 0 Å². The summed E-state index contributed by atoms with van der Waals surface area (Å²) in [6.45, 7) is 1.38. The highest BCUT2D eigenvalue weighted by Crippen LogP contribution is 2.33. The first kappa shape index (κ1) is 12.2. The minimum absolute atomic E-state index is 0.123. The molecule has 1 aliphatic heterocycles. The maximum Gasteiger partial charge on any atom is 0.119 e. The molecule has 0 saturated carbocycles. The van der Waals surface area contributed by atoms with Crippen molar-refractivity contribution < 1.29 is 14.6 Å². The van der Waals surface area contributed by atoms with E-state index in [1.165, 1.54) is 0 Å². The average Bonchev–Trinajstić information content (AvgIpc) is 2.39. The maximum atomic E-state index is 10.3. The lowest BCUT2D eigenvalue weighted by molar-refractivity contribution is -0.00974. The number of hydrogen-bond donors (Lipinski definition) is 2. The Bertz CT molecular complexity index is 375. The summed E-state index contributed by atoms with van der Waals surface area (Å²) in [5.74, 6) is 0.836. The van der Waals surface area contributed by atoms with Crippen LogP contribution >= 0.6 is 0 Å². The normalized spacial score (nSPS) is 22.1. The van der Waals surface area contributed by atoms with Crippen LogP contribution < -0.4 is 10.5 Å². The van der Waals surface area contributed by atoms with Crippen LogP contribution in [0.4, 0.5) is 5.69 Å². The molecule has 0 aliphatic carbocycles. The number of ether oxygens (including phenoxy) is 2. The fraction of sp³-hybridized carbons (Fsp3) is 0.538. The van der Waals surface area contributed by atoms with Crippen molar-refractivity contribution in [2.45, 2.75) is 18.9 Å². The third kappa shape index (κ3) is 2.70. The number of aliphatic hydroxyl groups is 1. The smallest absolute Gasteiger partial charge is 0.119 e. The molecule has 0 radical (unpaired) electrons. The Kier molecular flexibility index (Phi) is 3.86. The highest BCUT2D eigenvalue weighted by molar-refractivity contribution is 5.51. The number of aliphatic hydroxyl groups excluding tert-OH is 1. The minimum Gasteiger partial charge on any atom is -0.497 e. The molecule has 2 unspecified atom stereocenters. The lowest BCUT2D eigenvalue weighted by Crippen LogP contribution is -2.24. The van der Waals surface area contributed by atoms with Gasteiger partial charge < -0.3 is 20.3 Å². The van der Waals surface area contributed by atoms with Crippen LogP contribution in [0.15, 0.2) is 18.2 Å². The van der Waals surface area contributed by atoms with Crippen LogP contribution in [-0.2, 0) is 4.74 Å². The van der Waals surface area contributed by atoms with E-state index in [-0.39, 0.29) is 5.92 Å². The summed E-state index contributed by atoms with van der Waals surface area (Å²) in [5, 5.41) is 10.3. The Labute approximate surface area is 101 Å². The molecule has 1 fully saturated rings. The summed E-state index contributed by atoms with van der Waals surface area (Å²) in [7, 11) is 1.60. The molecular weight excluding hydrogens is 218 g/mol. The molecule has 1 aliphatic rings. The molecule has 17 heavy (non-hydrogen) atoms. The van der Waals surface area contributed by atoms with Crippen LogP contribution in [0, 0.1) is 5.92 Å². The summed E-state index contributed by atoms with van der Waals surface area (Å²) in [6.07, 6.45) is 1.38. The SMILES string of the molecule is COc1ccc(N)c(C(O)C2CCCOC2)c1. The fourth-order valence-electron chi connectivity index (χ4n) is 2.20. The Morgan fingerprint density at radius 3 is 3.00 bits per heavy atom. The van der Waals surface area contributed by atoms with Crippen molar-refractivity contribution in [3.8, 4) is 5.75 Å². The van der Waals surface area contributed by atoms with Crippen molar-refractivity contribution in [1.29, 1.82) is 0 Å². The van der Waals surface area contributed by atoms with E-state index < -0.39 is 6.10 Å². The van der Waals surface area contributed by atoms with Gasteiger partial charge in [0.05, 0.1) is 19.8 Å². The van der Waals surface area contributed by atoms with E-state index in [0.717, 1.165) is 25.0 Å². The van der Waals surface area contributed by atoms with Crippen LogP contribution in [0.3, 0.4) is 0 Å². The molecule has 1 aromatic carbocycles. The van der Waals surface area contributed by atoms with Crippen LogP contribution in [0.2, 0.25) is 0 Å². The van der Waals surface area contributed by atoms with Gasteiger partial charge in [-0.2, -0.15) is 0 Å². The molecular formula is C13H19NO3. The molecule has 1 saturated heterocycles. The van der Waals surface area contributed by atoms with Crippen LogP contribution in [0.1, 0.15) is 24.5 Å². The van der Waals surface area contributed by atoms with Crippen molar-refractivity contribution in [2.75, 3.05) is 26.1 Å². The lowest BCUT2D eigenvalue weighted by atomic mass is 9.90. The quantitative estimate of drug-likeness (QED) is 0.786. The number of rotatable bonds is 3. The van der Waals surface area contributed by atoms with E-state index in [4.69, 9.17) is 15.2 Å². The van der Waals surface area contributed by atoms with Crippen molar-refractivity contribution in [3.05, 3.63) is 23.8 Å². The predicted molar refractivity (Wildman–Crippen MR) is 65.9 cm³/mol. The Balaban J connectivity index is 2.19. The van der Waals surface area contributed by atoms with E-state index in [9.17, 15) is 5.11 Å². The predicted octanol–water partition coefficient (Wildman–Crippen LogP) is 1.74. The summed E-state index contributed by atoms with van der Waals surface area (Å²) in [4.78, 5) is 0. The molecule has 1 heterocycles. The van der Waals surface area contributed by atoms with Gasteiger partial charge in [0.15, 0.2) is 0 Å². The first-order valence-electron chi connectivity index (χ1n) is 5.91. The van der Waals surface area contributed by atoms with E-state index in [2.05, 4.69) is 0 Å². The summed E-state index contributed by atoms with van der Waals surface area (Å²) < 4.78 is 10.5. The third-order valence-corrected chi connectivity index (χ3v) is 3.25. The zero-order chi connectivity index (χ0) is 12.3. The van der Waals surface area contributed by atoms with Crippen LogP contribution in [0.5, 0.6) is 5.75 Å². The minimum atomic E-state index is -0.578. The van der Waals surface area contributed by atoms with Gasteiger partial charge in [-0.1, -0.05) is 0 Å². The fourth-order valence-corrected chi connectivity index (χ4v) is 2.20. The molecule has 4 heteroatoms. The zero-order valence-electron chi connectivity index (χ0n) is 10.1. The zero-order valence-corrected chi connectivity index (χ0v) is 10.1. The Morgan fingerprint density at radius 1 is 1.53 bits per heavy atom. The number of benzene rings is 1. The third-order valence-electron chi connectivity index (χ3n) is 3.25. The number of nitrogen functional groups attached to an aromatic ring is 1. The van der Waals surface area contributed by atoms with Gasteiger partial charge >= 0.3 is 0 Å². The second-order valence-corrected chi connectivity index (χ2v) is 4.42. The molecule has 0 spiro atoms. The van der Waals surface area contributed by atoms with Gasteiger partial charge in [-0.25, -0.2) is 0 Å². The molecule has 0 aromatic heterocycles. The first-order valence-corrected chi connectivity index (χ1v) is 5.91. The summed E-state index contributed by atoms with van der Waals surface area (Å²) in [5.41, 5.74) is 7.23. The first-order chi connectivity index (χ1) is 8.22. The Hall–Kier alpha value is -1.26. The molecule has 3 N–H and O–H groups in total. The topological polar surface area (TPSA) is 64.7 Å². The number of hydrogen-bond acceptors (Lipinski definition) is 4. The van der Waals surface area contributed by atoms with Gasteiger partial charge in [-0.05, 0) is 31.0 Å². The molecule has 0 amide bonds. The summed E-state index contributed by atoms with van der Waals surface area (Å²) >= 11 is 0. The van der Waals surface area contributed by atoms with Gasteiger partial charge in [0.25, 0.3) is 0 Å². The van der Waals surface area contributed by atoms with Crippen molar-refractivity contribution >= 4 is 5.69 Å². The molecule has 1 aromatic rings. The highest BCUT2D eigenvalue weighted by Gasteiger charge is 2.25. The van der Waals surface area contributed by atoms with Gasteiger partial charge in [0.1, 0.15) is 5.75 Å².